The van der Waals surface area contributed by atoms with Crippen molar-refractivity contribution in [3.8, 4) is 0 Å². The summed E-state index contributed by atoms with van der Waals surface area (Å²) in [5, 5.41) is 4.85. The van der Waals surface area contributed by atoms with E-state index in [0.717, 1.165) is 12.8 Å². The van der Waals surface area contributed by atoms with Crippen LogP contribution in [-0.4, -0.2) is 38.9 Å². The molecule has 2 heterocycles. The Balaban J connectivity index is 0.00000162. The third-order valence-electron chi connectivity index (χ3n) is 2.89. The zero-order chi connectivity index (χ0) is 12.5. The number of nitrogens with one attached hydrogen (secondary N) is 1. The van der Waals surface area contributed by atoms with Crippen molar-refractivity contribution in [1.82, 2.24) is 9.62 Å². The maximum atomic E-state index is 12.5. The molecule has 0 bridgehead atoms. The Kier molecular flexibility index (Phi) is 6.08. The lowest BCUT2D eigenvalue weighted by Crippen LogP contribution is -2.40. The SMILES string of the molecule is CNCC1CCCN1S(=O)(=O)c1sccc1Br.Cl. The van der Waals surface area contributed by atoms with E-state index < -0.39 is 10.0 Å². The van der Waals surface area contributed by atoms with Crippen LogP contribution in [0.25, 0.3) is 0 Å². The van der Waals surface area contributed by atoms with E-state index in [0.29, 0.717) is 21.8 Å². The molecule has 0 saturated carbocycles. The Morgan fingerprint density at radius 3 is 2.89 bits per heavy atom. The normalized spacial score (nSPS) is 20.9. The van der Waals surface area contributed by atoms with Crippen LogP contribution in [0.1, 0.15) is 12.8 Å². The number of thiophene rings is 1. The van der Waals surface area contributed by atoms with Gasteiger partial charge in [-0.05, 0) is 47.3 Å². The molecule has 1 aromatic heterocycles. The second-order valence-electron chi connectivity index (χ2n) is 4.03. The molecular weight excluding hydrogens is 360 g/mol. The second-order valence-corrected chi connectivity index (χ2v) is 7.88. The number of nitrogens with zero attached hydrogens (tertiary/aromatic N) is 1. The van der Waals surface area contributed by atoms with E-state index in [4.69, 9.17) is 0 Å². The molecule has 0 aliphatic carbocycles. The summed E-state index contributed by atoms with van der Waals surface area (Å²) in [5.74, 6) is 0. The van der Waals surface area contributed by atoms with E-state index in [2.05, 4.69) is 21.2 Å². The summed E-state index contributed by atoms with van der Waals surface area (Å²) in [7, 11) is -1.48. The van der Waals surface area contributed by atoms with Crippen LogP contribution in [0, 0.1) is 0 Å². The van der Waals surface area contributed by atoms with Crippen LogP contribution in [0.15, 0.2) is 20.1 Å². The molecule has 1 fully saturated rings. The lowest BCUT2D eigenvalue weighted by atomic mass is 10.2. The topological polar surface area (TPSA) is 49.4 Å². The molecule has 0 amide bonds. The van der Waals surface area contributed by atoms with Gasteiger partial charge in [0.05, 0.1) is 0 Å². The van der Waals surface area contributed by atoms with Crippen LogP contribution < -0.4 is 5.32 Å². The van der Waals surface area contributed by atoms with Gasteiger partial charge in [0.25, 0.3) is 10.0 Å². The first-order valence-electron chi connectivity index (χ1n) is 5.47. The highest BCUT2D eigenvalue weighted by atomic mass is 79.9. The summed E-state index contributed by atoms with van der Waals surface area (Å²) >= 11 is 4.56. The first-order chi connectivity index (χ1) is 8.07. The van der Waals surface area contributed by atoms with E-state index in [1.807, 2.05) is 7.05 Å². The molecule has 1 atom stereocenters. The molecule has 1 unspecified atom stereocenters. The van der Waals surface area contributed by atoms with Crippen LogP contribution >= 0.6 is 39.7 Å². The molecule has 0 spiro atoms. The van der Waals surface area contributed by atoms with Gasteiger partial charge in [0.15, 0.2) is 0 Å². The van der Waals surface area contributed by atoms with E-state index in [-0.39, 0.29) is 18.4 Å². The number of hydrogen-bond donors (Lipinski definition) is 1. The summed E-state index contributed by atoms with van der Waals surface area (Å²) in [6.07, 6.45) is 1.87. The van der Waals surface area contributed by atoms with Gasteiger partial charge in [0.2, 0.25) is 0 Å². The zero-order valence-corrected chi connectivity index (χ0v) is 14.0. The third kappa shape index (κ3) is 3.08. The van der Waals surface area contributed by atoms with Crippen molar-refractivity contribution in [2.24, 2.45) is 0 Å². The van der Waals surface area contributed by atoms with Crippen molar-refractivity contribution in [3.05, 3.63) is 15.9 Å². The maximum Gasteiger partial charge on any atom is 0.253 e. The second kappa shape index (κ2) is 6.67. The third-order valence-corrected chi connectivity index (χ3v) is 7.49. The highest BCUT2D eigenvalue weighted by Gasteiger charge is 2.36. The fraction of sp³-hybridized carbons (Fsp3) is 0.600. The molecule has 18 heavy (non-hydrogen) atoms. The predicted octanol–water partition coefficient (Wildman–Crippen LogP) is 2.30. The van der Waals surface area contributed by atoms with Gasteiger partial charge < -0.3 is 5.32 Å². The minimum absolute atomic E-state index is 0. The minimum atomic E-state index is -3.33. The molecular formula is C10H16BrClN2O2S2. The highest BCUT2D eigenvalue weighted by molar-refractivity contribution is 9.10. The summed E-state index contributed by atoms with van der Waals surface area (Å²) in [4.78, 5) is 0. The monoisotopic (exact) mass is 374 g/mol. The van der Waals surface area contributed by atoms with Crippen LogP contribution in [0.3, 0.4) is 0 Å². The van der Waals surface area contributed by atoms with E-state index in [1.165, 1.54) is 11.3 Å². The molecule has 4 nitrogen and oxygen atoms in total. The number of likely N-dealkylation sites (N-methyl/N-ethyl adjacent to an activating group) is 1. The lowest BCUT2D eigenvalue weighted by molar-refractivity contribution is 0.380. The summed E-state index contributed by atoms with van der Waals surface area (Å²) in [6.45, 7) is 1.33. The van der Waals surface area contributed by atoms with Crippen LogP contribution in [0.4, 0.5) is 0 Å². The van der Waals surface area contributed by atoms with Gasteiger partial charge in [-0.1, -0.05) is 0 Å². The molecule has 1 aliphatic heterocycles. The van der Waals surface area contributed by atoms with E-state index in [1.54, 1.807) is 15.8 Å². The summed E-state index contributed by atoms with van der Waals surface area (Å²) < 4.78 is 27.7. The molecule has 0 aromatic carbocycles. The van der Waals surface area contributed by atoms with Crippen LogP contribution in [-0.2, 0) is 10.0 Å². The molecule has 104 valence electrons. The minimum Gasteiger partial charge on any atom is -0.318 e. The smallest absolute Gasteiger partial charge is 0.253 e. The van der Waals surface area contributed by atoms with Crippen molar-refractivity contribution in [2.75, 3.05) is 20.1 Å². The number of sulfonamides is 1. The molecule has 1 aliphatic rings. The Bertz CT molecular complexity index is 492. The first kappa shape index (κ1) is 16.4. The average Bonchev–Trinajstić information content (AvgIpc) is 2.87. The van der Waals surface area contributed by atoms with Crippen molar-refractivity contribution < 1.29 is 8.42 Å². The average molecular weight is 376 g/mol. The van der Waals surface area contributed by atoms with Crippen LogP contribution in [0.5, 0.6) is 0 Å². The molecule has 1 aromatic rings. The van der Waals surface area contributed by atoms with Crippen molar-refractivity contribution in [3.63, 3.8) is 0 Å². The zero-order valence-electron chi connectivity index (χ0n) is 9.93. The van der Waals surface area contributed by atoms with Gasteiger partial charge in [0, 0.05) is 23.6 Å². The van der Waals surface area contributed by atoms with Crippen molar-refractivity contribution in [2.45, 2.75) is 23.1 Å². The summed E-state index contributed by atoms with van der Waals surface area (Å²) in [6, 6.07) is 1.86. The van der Waals surface area contributed by atoms with E-state index >= 15 is 0 Å². The van der Waals surface area contributed by atoms with Gasteiger partial charge in [-0.25, -0.2) is 8.42 Å². The van der Waals surface area contributed by atoms with Crippen LogP contribution in [0.2, 0.25) is 0 Å². The Hall–Kier alpha value is 0.340. The number of halogens is 2. The lowest BCUT2D eigenvalue weighted by Gasteiger charge is -2.23. The standard InChI is InChI=1S/C10H15BrN2O2S2.ClH/c1-12-7-8-3-2-5-13(8)17(14,15)10-9(11)4-6-16-10;/h4,6,8,12H,2-3,5,7H2,1H3;1H. The Morgan fingerprint density at radius 2 is 2.33 bits per heavy atom. The number of rotatable bonds is 4. The molecule has 8 heteroatoms. The first-order valence-corrected chi connectivity index (χ1v) is 8.58. The molecule has 0 radical (unpaired) electrons. The van der Waals surface area contributed by atoms with Gasteiger partial charge in [-0.3, -0.25) is 0 Å². The van der Waals surface area contributed by atoms with Crippen molar-refractivity contribution >= 4 is 49.7 Å². The fourth-order valence-corrected chi connectivity index (χ4v) is 6.25. The Labute approximate surface area is 126 Å². The van der Waals surface area contributed by atoms with Gasteiger partial charge in [0.1, 0.15) is 4.21 Å². The quantitative estimate of drug-likeness (QED) is 0.878. The Morgan fingerprint density at radius 1 is 1.61 bits per heavy atom. The molecule has 1 saturated heterocycles. The van der Waals surface area contributed by atoms with Gasteiger partial charge in [-0.2, -0.15) is 4.31 Å². The predicted molar refractivity (Wildman–Crippen MR) is 80.1 cm³/mol. The van der Waals surface area contributed by atoms with Gasteiger partial charge >= 0.3 is 0 Å². The largest absolute Gasteiger partial charge is 0.318 e. The van der Waals surface area contributed by atoms with Gasteiger partial charge in [-0.15, -0.1) is 23.7 Å². The number of hydrogen-bond acceptors (Lipinski definition) is 4. The van der Waals surface area contributed by atoms with E-state index in [9.17, 15) is 8.42 Å². The summed E-state index contributed by atoms with van der Waals surface area (Å²) in [5.41, 5.74) is 0. The maximum absolute atomic E-state index is 12.5. The molecule has 1 N–H and O–H groups in total. The van der Waals surface area contributed by atoms with Crippen molar-refractivity contribution in [1.29, 1.82) is 0 Å². The molecule has 2 rings (SSSR count). The highest BCUT2D eigenvalue weighted by Crippen LogP contribution is 2.33. The fourth-order valence-electron chi connectivity index (χ4n) is 2.14.